The molecule has 0 bridgehead atoms. The molecule has 0 spiro atoms. The molecule has 1 N–H and O–H groups in total. The van der Waals surface area contributed by atoms with Crippen LogP contribution in [0.2, 0.25) is 0 Å². The molecule has 0 aliphatic carbocycles. The molecule has 32 heavy (non-hydrogen) atoms. The van der Waals surface area contributed by atoms with Gasteiger partial charge in [0.2, 0.25) is 0 Å². The van der Waals surface area contributed by atoms with E-state index < -0.39 is 10.1 Å². The first-order valence-corrected chi connectivity index (χ1v) is 13.1. The SMILES string of the molecule is C(=Cc1ccccc1)CP(c1ccccc1)c1ccccc1.O=S(=O)(O)c1ccccc1. The largest absolute Gasteiger partial charge is 0.294 e. The van der Waals surface area contributed by atoms with Gasteiger partial charge in [-0.2, -0.15) is 8.42 Å². The monoisotopic (exact) mass is 460 g/mol. The fourth-order valence-electron chi connectivity index (χ4n) is 3.03. The van der Waals surface area contributed by atoms with Gasteiger partial charge in [-0.1, -0.05) is 121 Å². The third-order valence-electron chi connectivity index (χ3n) is 4.57. The number of hydrogen-bond donors (Lipinski definition) is 1. The van der Waals surface area contributed by atoms with Crippen molar-refractivity contribution in [3.05, 3.63) is 133 Å². The standard InChI is InChI=1S/C21H19P.C6H6O3S/c1-4-11-19(12-5-1)13-10-18-22(20-14-6-2-7-15-20)21-16-8-3-9-17-21;7-10(8,9)6-4-2-1-3-5-6/h1-17H,18H2;1-5H,(H,7,8,9). The average Bonchev–Trinajstić information content (AvgIpc) is 2.84. The highest BCUT2D eigenvalue weighted by Crippen LogP contribution is 2.33. The lowest BCUT2D eigenvalue weighted by Crippen LogP contribution is -2.12. The summed E-state index contributed by atoms with van der Waals surface area (Å²) in [5.41, 5.74) is 1.26. The Kier molecular flexibility index (Phi) is 8.94. The van der Waals surface area contributed by atoms with E-state index in [1.54, 1.807) is 18.2 Å². The summed E-state index contributed by atoms with van der Waals surface area (Å²) in [6.45, 7) is 0. The third kappa shape index (κ3) is 7.58. The van der Waals surface area contributed by atoms with Crippen molar-refractivity contribution in [3.8, 4) is 0 Å². The summed E-state index contributed by atoms with van der Waals surface area (Å²) < 4.78 is 29.2. The molecule has 5 heteroatoms. The summed E-state index contributed by atoms with van der Waals surface area (Å²) in [5, 5.41) is 2.86. The Morgan fingerprint density at radius 2 is 1.03 bits per heavy atom. The van der Waals surface area contributed by atoms with E-state index in [-0.39, 0.29) is 12.8 Å². The van der Waals surface area contributed by atoms with Crippen LogP contribution in [0.25, 0.3) is 6.08 Å². The summed E-state index contributed by atoms with van der Waals surface area (Å²) in [6.07, 6.45) is 5.60. The molecule has 4 aromatic carbocycles. The Morgan fingerprint density at radius 3 is 1.44 bits per heavy atom. The molecule has 0 heterocycles. The van der Waals surface area contributed by atoms with Gasteiger partial charge >= 0.3 is 0 Å². The average molecular weight is 461 g/mol. The molecule has 3 nitrogen and oxygen atoms in total. The van der Waals surface area contributed by atoms with E-state index in [4.69, 9.17) is 4.55 Å². The summed E-state index contributed by atoms with van der Waals surface area (Å²) >= 11 is 0. The zero-order valence-electron chi connectivity index (χ0n) is 17.5. The van der Waals surface area contributed by atoms with Crippen LogP contribution in [0.15, 0.2) is 132 Å². The first-order chi connectivity index (χ1) is 15.5. The fourth-order valence-corrected chi connectivity index (χ4v) is 5.63. The van der Waals surface area contributed by atoms with Crippen molar-refractivity contribution in [2.24, 2.45) is 0 Å². The number of benzene rings is 4. The fraction of sp³-hybridized carbons (Fsp3) is 0.0370. The third-order valence-corrected chi connectivity index (χ3v) is 7.86. The first kappa shape index (κ1) is 23.6. The quantitative estimate of drug-likeness (QED) is 0.294. The molecule has 0 atom stereocenters. The van der Waals surface area contributed by atoms with Crippen LogP contribution in [0.3, 0.4) is 0 Å². The van der Waals surface area contributed by atoms with Gasteiger partial charge in [0.25, 0.3) is 10.1 Å². The molecule has 0 aliphatic rings. The predicted octanol–water partition coefficient (Wildman–Crippen LogP) is 5.77. The Labute approximate surface area is 191 Å². The van der Waals surface area contributed by atoms with Gasteiger partial charge in [0.05, 0.1) is 4.90 Å². The maximum Gasteiger partial charge on any atom is 0.294 e. The minimum absolute atomic E-state index is 0.0741. The molecule has 0 aliphatic heterocycles. The lowest BCUT2D eigenvalue weighted by atomic mass is 10.2. The maximum absolute atomic E-state index is 10.4. The second-order valence-corrected chi connectivity index (χ2v) is 10.6. The Bertz CT molecular complexity index is 1160. The number of rotatable bonds is 6. The Hall–Kier alpha value is -3.04. The molecule has 0 aromatic heterocycles. The van der Waals surface area contributed by atoms with E-state index in [1.165, 1.54) is 28.3 Å². The van der Waals surface area contributed by atoms with E-state index in [9.17, 15) is 8.42 Å². The highest BCUT2D eigenvalue weighted by atomic mass is 32.2. The van der Waals surface area contributed by atoms with Crippen LogP contribution in [0.4, 0.5) is 0 Å². The molecule has 0 radical (unpaired) electrons. The van der Waals surface area contributed by atoms with Gasteiger partial charge in [0.1, 0.15) is 0 Å². The van der Waals surface area contributed by atoms with Gasteiger partial charge in [-0.25, -0.2) is 0 Å². The normalized spacial score (nSPS) is 11.2. The Balaban J connectivity index is 0.000000243. The van der Waals surface area contributed by atoms with Crippen molar-refractivity contribution in [1.29, 1.82) is 0 Å². The van der Waals surface area contributed by atoms with Crippen molar-refractivity contribution in [1.82, 2.24) is 0 Å². The topological polar surface area (TPSA) is 54.4 Å². The van der Waals surface area contributed by atoms with Crippen LogP contribution >= 0.6 is 7.92 Å². The number of allylic oxidation sites excluding steroid dienone is 1. The maximum atomic E-state index is 10.4. The van der Waals surface area contributed by atoms with Crippen LogP contribution in [0.1, 0.15) is 5.56 Å². The second-order valence-electron chi connectivity index (χ2n) is 6.88. The van der Waals surface area contributed by atoms with Crippen molar-refractivity contribution < 1.29 is 13.0 Å². The lowest BCUT2D eigenvalue weighted by molar-refractivity contribution is 0.483. The molecule has 0 fully saturated rings. The van der Waals surface area contributed by atoms with Crippen LogP contribution in [0, 0.1) is 0 Å². The molecular formula is C27H25O3PS. The molecule has 0 unspecified atom stereocenters. The van der Waals surface area contributed by atoms with Gasteiger partial charge in [-0.3, -0.25) is 4.55 Å². The van der Waals surface area contributed by atoms with Gasteiger partial charge in [0, 0.05) is 0 Å². The summed E-state index contributed by atoms with van der Waals surface area (Å²) in [6, 6.07) is 39.6. The molecule has 0 amide bonds. The smallest absolute Gasteiger partial charge is 0.282 e. The van der Waals surface area contributed by atoms with Gasteiger partial charge < -0.3 is 0 Å². The molecule has 4 rings (SSSR count). The number of hydrogen-bond acceptors (Lipinski definition) is 2. The molecule has 4 aromatic rings. The van der Waals surface area contributed by atoms with Crippen molar-refractivity contribution in [2.45, 2.75) is 4.90 Å². The van der Waals surface area contributed by atoms with E-state index >= 15 is 0 Å². The molecular weight excluding hydrogens is 435 g/mol. The van der Waals surface area contributed by atoms with E-state index in [0.29, 0.717) is 0 Å². The molecule has 0 saturated heterocycles. The zero-order valence-corrected chi connectivity index (χ0v) is 19.2. The summed E-state index contributed by atoms with van der Waals surface area (Å²) in [5.74, 6) is 0. The van der Waals surface area contributed by atoms with Crippen LogP contribution in [-0.2, 0) is 10.1 Å². The van der Waals surface area contributed by atoms with Gasteiger partial charge in [-0.05, 0) is 42.4 Å². The van der Waals surface area contributed by atoms with Crippen molar-refractivity contribution >= 4 is 34.7 Å². The van der Waals surface area contributed by atoms with Gasteiger partial charge in [-0.15, -0.1) is 0 Å². The van der Waals surface area contributed by atoms with Crippen molar-refractivity contribution in [3.63, 3.8) is 0 Å². The van der Waals surface area contributed by atoms with E-state index in [2.05, 4.69) is 103 Å². The second kappa shape index (κ2) is 12.1. The van der Waals surface area contributed by atoms with E-state index in [0.717, 1.165) is 6.16 Å². The minimum Gasteiger partial charge on any atom is -0.282 e. The lowest BCUT2D eigenvalue weighted by Gasteiger charge is -2.16. The van der Waals surface area contributed by atoms with Crippen molar-refractivity contribution in [2.75, 3.05) is 6.16 Å². The van der Waals surface area contributed by atoms with Crippen LogP contribution < -0.4 is 10.6 Å². The summed E-state index contributed by atoms with van der Waals surface area (Å²) in [7, 11) is -4.34. The summed E-state index contributed by atoms with van der Waals surface area (Å²) in [4.78, 5) is -0.0741. The minimum atomic E-state index is -4.00. The van der Waals surface area contributed by atoms with Gasteiger partial charge in [0.15, 0.2) is 0 Å². The van der Waals surface area contributed by atoms with E-state index in [1.807, 2.05) is 0 Å². The van der Waals surface area contributed by atoms with Crippen LogP contribution in [-0.4, -0.2) is 19.1 Å². The Morgan fingerprint density at radius 1 is 0.625 bits per heavy atom. The molecule has 0 saturated carbocycles. The highest BCUT2D eigenvalue weighted by Gasteiger charge is 2.11. The zero-order chi connectivity index (χ0) is 22.7. The van der Waals surface area contributed by atoms with Crippen LogP contribution in [0.5, 0.6) is 0 Å². The predicted molar refractivity (Wildman–Crippen MR) is 136 cm³/mol. The molecule has 162 valence electrons. The first-order valence-electron chi connectivity index (χ1n) is 10.2. The highest BCUT2D eigenvalue weighted by molar-refractivity contribution is 7.85.